The van der Waals surface area contributed by atoms with Gasteiger partial charge in [0.2, 0.25) is 0 Å². The number of carbonyl (C=O) groups is 1. The Labute approximate surface area is 77.9 Å². The summed E-state index contributed by atoms with van der Waals surface area (Å²) < 4.78 is 17.3. The van der Waals surface area contributed by atoms with Gasteiger partial charge in [0.1, 0.15) is 0 Å². The molecule has 1 N–H and O–H groups in total. The van der Waals surface area contributed by atoms with Crippen molar-refractivity contribution in [2.45, 2.75) is 31.9 Å². The topological polar surface area (TPSA) is 46.5 Å². The predicted molar refractivity (Wildman–Crippen MR) is 47.0 cm³/mol. The molecule has 1 fully saturated rings. The molecule has 0 aliphatic heterocycles. The number of methoxy groups -OCH3 is 1. The molecular formula is C9H17FO3. The minimum atomic E-state index is -1.39. The molecular weight excluding hydrogens is 175 g/mol. The van der Waals surface area contributed by atoms with E-state index < -0.39 is 12.1 Å². The van der Waals surface area contributed by atoms with Gasteiger partial charge in [0.25, 0.3) is 0 Å². The highest BCUT2D eigenvalue weighted by atomic mass is 19.1. The van der Waals surface area contributed by atoms with Crippen LogP contribution in [0.4, 0.5) is 4.39 Å². The van der Waals surface area contributed by atoms with Gasteiger partial charge in [-0.1, -0.05) is 12.8 Å². The highest BCUT2D eigenvalue weighted by molar-refractivity contribution is 5.74. The van der Waals surface area contributed by atoms with Gasteiger partial charge in [-0.2, -0.15) is 0 Å². The number of aliphatic hydroxyl groups is 1. The normalized spacial score (nSPS) is 18.8. The fourth-order valence-electron chi connectivity index (χ4n) is 1.56. The highest BCUT2D eigenvalue weighted by Gasteiger charge is 2.30. The zero-order valence-corrected chi connectivity index (χ0v) is 8.12. The smallest absolute Gasteiger partial charge is 0.340 e. The summed E-state index contributed by atoms with van der Waals surface area (Å²) in [6.45, 7) is 0. The molecule has 1 saturated carbocycles. The first kappa shape index (κ1) is 12.4. The first-order chi connectivity index (χ1) is 6.25. The van der Waals surface area contributed by atoms with Crippen LogP contribution in [0.2, 0.25) is 0 Å². The summed E-state index contributed by atoms with van der Waals surface area (Å²) in [7, 11) is 2.23. The molecule has 1 atom stereocenters. The van der Waals surface area contributed by atoms with E-state index in [4.69, 9.17) is 5.11 Å². The Morgan fingerprint density at radius 1 is 1.46 bits per heavy atom. The number of halogens is 1. The maximum Gasteiger partial charge on any atom is 0.340 e. The average molecular weight is 192 g/mol. The monoisotopic (exact) mass is 192 g/mol. The molecule has 0 bridgehead atoms. The molecule has 0 aromatic carbocycles. The van der Waals surface area contributed by atoms with Crippen molar-refractivity contribution in [2.24, 2.45) is 5.92 Å². The third kappa shape index (κ3) is 3.72. The van der Waals surface area contributed by atoms with Gasteiger partial charge in [-0.25, -0.2) is 9.18 Å². The third-order valence-corrected chi connectivity index (χ3v) is 2.24. The van der Waals surface area contributed by atoms with Gasteiger partial charge in [-0.15, -0.1) is 0 Å². The molecule has 1 aliphatic rings. The van der Waals surface area contributed by atoms with Crippen molar-refractivity contribution in [3.05, 3.63) is 0 Å². The van der Waals surface area contributed by atoms with Crippen LogP contribution in [0.25, 0.3) is 0 Å². The number of hydrogen-bond donors (Lipinski definition) is 1. The van der Waals surface area contributed by atoms with Crippen LogP contribution in [-0.4, -0.2) is 31.5 Å². The van der Waals surface area contributed by atoms with E-state index in [1.807, 2.05) is 0 Å². The second-order valence-electron chi connectivity index (χ2n) is 2.97. The van der Waals surface area contributed by atoms with Crippen LogP contribution in [0.5, 0.6) is 0 Å². The average Bonchev–Trinajstić information content (AvgIpc) is 2.71. The van der Waals surface area contributed by atoms with E-state index in [2.05, 4.69) is 4.74 Å². The van der Waals surface area contributed by atoms with Gasteiger partial charge in [0.15, 0.2) is 6.17 Å². The molecule has 1 rings (SSSR count). The molecule has 4 heteroatoms. The van der Waals surface area contributed by atoms with Crippen LogP contribution >= 0.6 is 0 Å². The second kappa shape index (κ2) is 6.83. The maximum absolute atomic E-state index is 13.0. The van der Waals surface area contributed by atoms with Crippen molar-refractivity contribution in [1.82, 2.24) is 0 Å². The van der Waals surface area contributed by atoms with Gasteiger partial charge in [-0.3, -0.25) is 0 Å². The van der Waals surface area contributed by atoms with Crippen LogP contribution in [0.15, 0.2) is 0 Å². The molecule has 0 radical (unpaired) electrons. The molecule has 0 aromatic heterocycles. The molecule has 1 unspecified atom stereocenters. The lowest BCUT2D eigenvalue weighted by Crippen LogP contribution is -2.24. The van der Waals surface area contributed by atoms with Gasteiger partial charge in [-0.05, 0) is 12.8 Å². The van der Waals surface area contributed by atoms with Crippen LogP contribution in [0.1, 0.15) is 25.7 Å². The van der Waals surface area contributed by atoms with Gasteiger partial charge in [0, 0.05) is 13.0 Å². The lowest BCUT2D eigenvalue weighted by molar-refractivity contribution is -0.148. The molecule has 0 aromatic rings. The molecule has 0 saturated heterocycles. The Bertz CT molecular complexity index is 144. The number of aliphatic hydroxyl groups excluding tert-OH is 1. The van der Waals surface area contributed by atoms with Gasteiger partial charge >= 0.3 is 5.97 Å². The van der Waals surface area contributed by atoms with E-state index in [1.54, 1.807) is 0 Å². The van der Waals surface area contributed by atoms with E-state index in [9.17, 15) is 9.18 Å². The van der Waals surface area contributed by atoms with Crippen molar-refractivity contribution in [1.29, 1.82) is 0 Å². The quantitative estimate of drug-likeness (QED) is 0.671. The number of alkyl halides is 1. The third-order valence-electron chi connectivity index (χ3n) is 2.24. The number of carbonyl (C=O) groups excluding carboxylic acids is 1. The van der Waals surface area contributed by atoms with Crippen LogP contribution in [-0.2, 0) is 9.53 Å². The summed E-state index contributed by atoms with van der Waals surface area (Å²) in [6.07, 6.45) is 2.36. The van der Waals surface area contributed by atoms with Crippen LogP contribution in [0, 0.1) is 5.92 Å². The van der Waals surface area contributed by atoms with Gasteiger partial charge in [0.05, 0.1) is 7.11 Å². The first-order valence-electron chi connectivity index (χ1n) is 4.42. The van der Waals surface area contributed by atoms with E-state index in [-0.39, 0.29) is 5.92 Å². The Kier molecular flexibility index (Phi) is 6.49. The summed E-state index contributed by atoms with van der Waals surface area (Å²) in [5, 5.41) is 7.00. The van der Waals surface area contributed by atoms with E-state index in [1.165, 1.54) is 7.11 Å². The number of hydrogen-bond acceptors (Lipinski definition) is 3. The SMILES string of the molecule is CO.COC(=O)C(F)C1CCCC1. The molecule has 78 valence electrons. The van der Waals surface area contributed by atoms with E-state index in [0.717, 1.165) is 32.8 Å². The number of rotatable bonds is 2. The Morgan fingerprint density at radius 3 is 2.31 bits per heavy atom. The van der Waals surface area contributed by atoms with E-state index >= 15 is 0 Å². The largest absolute Gasteiger partial charge is 0.467 e. The molecule has 3 nitrogen and oxygen atoms in total. The first-order valence-corrected chi connectivity index (χ1v) is 4.42. The zero-order valence-electron chi connectivity index (χ0n) is 8.12. The van der Waals surface area contributed by atoms with Crippen LogP contribution in [0.3, 0.4) is 0 Å². The van der Waals surface area contributed by atoms with Crippen molar-refractivity contribution in [3.8, 4) is 0 Å². The van der Waals surface area contributed by atoms with Crippen molar-refractivity contribution in [3.63, 3.8) is 0 Å². The fraction of sp³-hybridized carbons (Fsp3) is 0.889. The summed E-state index contributed by atoms with van der Waals surface area (Å²) in [5.74, 6) is -0.792. The second-order valence-corrected chi connectivity index (χ2v) is 2.97. The Hall–Kier alpha value is -0.640. The lowest BCUT2D eigenvalue weighted by Gasteiger charge is -2.11. The fourth-order valence-corrected chi connectivity index (χ4v) is 1.56. The lowest BCUT2D eigenvalue weighted by atomic mass is 10.0. The minimum absolute atomic E-state index is 0.0811. The highest BCUT2D eigenvalue weighted by Crippen LogP contribution is 2.29. The summed E-state index contributed by atoms with van der Waals surface area (Å²) in [4.78, 5) is 10.7. The van der Waals surface area contributed by atoms with Crippen molar-refractivity contribution < 1.29 is 19.0 Å². The Balaban J connectivity index is 0.000000671. The minimum Gasteiger partial charge on any atom is -0.467 e. The summed E-state index contributed by atoms with van der Waals surface area (Å²) in [6, 6.07) is 0. The molecule has 0 spiro atoms. The van der Waals surface area contributed by atoms with Crippen molar-refractivity contribution >= 4 is 5.97 Å². The molecule has 0 heterocycles. The maximum atomic E-state index is 13.0. The van der Waals surface area contributed by atoms with Crippen molar-refractivity contribution in [2.75, 3.05) is 14.2 Å². The number of esters is 1. The Morgan fingerprint density at radius 2 is 1.92 bits per heavy atom. The number of ether oxygens (including phenoxy) is 1. The molecule has 13 heavy (non-hydrogen) atoms. The summed E-state index contributed by atoms with van der Waals surface area (Å²) >= 11 is 0. The summed E-state index contributed by atoms with van der Waals surface area (Å²) in [5.41, 5.74) is 0. The molecule has 1 aliphatic carbocycles. The molecule has 0 amide bonds. The zero-order chi connectivity index (χ0) is 10.3. The van der Waals surface area contributed by atoms with Crippen LogP contribution < -0.4 is 0 Å². The van der Waals surface area contributed by atoms with E-state index in [0.29, 0.717) is 0 Å². The van der Waals surface area contributed by atoms with Gasteiger partial charge < -0.3 is 9.84 Å². The standard InChI is InChI=1S/C8H13FO2.CH4O/c1-11-8(10)7(9)6-4-2-3-5-6;1-2/h6-7H,2-5H2,1H3;2H,1H3. The predicted octanol–water partition coefficient (Wildman–Crippen LogP) is 1.30.